The predicted molar refractivity (Wildman–Crippen MR) is 85.1 cm³/mol. The zero-order valence-electron chi connectivity index (χ0n) is 12.9. The summed E-state index contributed by atoms with van der Waals surface area (Å²) in [5.41, 5.74) is -0.0402. The van der Waals surface area contributed by atoms with Gasteiger partial charge in [0.1, 0.15) is 11.5 Å². The van der Waals surface area contributed by atoms with E-state index in [9.17, 15) is 9.90 Å². The summed E-state index contributed by atoms with van der Waals surface area (Å²) >= 11 is 0. The molecule has 1 N–H and O–H groups in total. The van der Waals surface area contributed by atoms with E-state index in [1.165, 1.54) is 0 Å². The van der Waals surface area contributed by atoms with E-state index in [1.807, 2.05) is 0 Å². The maximum absolute atomic E-state index is 12.5. The zero-order valence-corrected chi connectivity index (χ0v) is 12.9. The van der Waals surface area contributed by atoms with Crippen LogP contribution in [0.3, 0.4) is 0 Å². The molecule has 0 aliphatic rings. The van der Waals surface area contributed by atoms with E-state index in [2.05, 4.69) is 20.8 Å². The molecule has 114 valence electrons. The van der Waals surface area contributed by atoms with Crippen molar-refractivity contribution in [3.05, 3.63) is 34.7 Å². The minimum absolute atomic E-state index is 0.0402. The van der Waals surface area contributed by atoms with Crippen molar-refractivity contribution >= 4 is 10.8 Å². The van der Waals surface area contributed by atoms with Gasteiger partial charge in [-0.05, 0) is 30.5 Å². The average Bonchev–Trinajstić information content (AvgIpc) is 2.43. The number of fused-ring (bicyclic) bond motifs is 1. The summed E-state index contributed by atoms with van der Waals surface area (Å²) in [7, 11) is 0. The molecule has 4 heteroatoms. The molecule has 0 amide bonds. The Kier molecular flexibility index (Phi) is 4.89. The molecule has 2 rings (SSSR count). The second kappa shape index (κ2) is 6.66. The lowest BCUT2D eigenvalue weighted by Crippen LogP contribution is -2.22. The first-order chi connectivity index (χ1) is 10.0. The van der Waals surface area contributed by atoms with E-state index in [0.29, 0.717) is 35.6 Å². The van der Waals surface area contributed by atoms with Crippen molar-refractivity contribution in [2.75, 3.05) is 6.61 Å². The first-order valence-electron chi connectivity index (χ1n) is 7.52. The Morgan fingerprint density at radius 3 is 2.71 bits per heavy atom. The molecule has 1 aromatic carbocycles. The number of benzene rings is 1. The molecule has 0 saturated heterocycles. The summed E-state index contributed by atoms with van der Waals surface area (Å²) in [6.07, 6.45) is 3.78. The second-order valence-corrected chi connectivity index (χ2v) is 5.78. The van der Waals surface area contributed by atoms with Crippen LogP contribution in [0, 0.1) is 5.92 Å². The summed E-state index contributed by atoms with van der Waals surface area (Å²) in [6, 6.07) is 4.80. The second-order valence-electron chi connectivity index (χ2n) is 5.78. The Morgan fingerprint density at radius 1 is 1.29 bits per heavy atom. The van der Waals surface area contributed by atoms with Gasteiger partial charge in [-0.25, -0.2) is 0 Å². The third-order valence-corrected chi connectivity index (χ3v) is 3.35. The number of phenolic OH excluding ortho intramolecular Hbond substituents is 1. The number of phenols is 1. The molecule has 0 aliphatic carbocycles. The zero-order chi connectivity index (χ0) is 15.4. The maximum atomic E-state index is 12.5. The highest BCUT2D eigenvalue weighted by Crippen LogP contribution is 2.27. The maximum Gasteiger partial charge on any atom is 0.258 e. The van der Waals surface area contributed by atoms with E-state index >= 15 is 0 Å². The van der Waals surface area contributed by atoms with Gasteiger partial charge in [0, 0.05) is 18.1 Å². The van der Waals surface area contributed by atoms with Gasteiger partial charge in [0.25, 0.3) is 5.56 Å². The van der Waals surface area contributed by atoms with Crippen molar-refractivity contribution in [2.45, 2.75) is 40.2 Å². The van der Waals surface area contributed by atoms with Crippen LogP contribution in [0.4, 0.5) is 0 Å². The van der Waals surface area contributed by atoms with E-state index < -0.39 is 0 Å². The van der Waals surface area contributed by atoms with E-state index in [1.54, 1.807) is 29.0 Å². The fraction of sp³-hybridized carbons (Fsp3) is 0.471. The van der Waals surface area contributed by atoms with Gasteiger partial charge in [-0.2, -0.15) is 0 Å². The first-order valence-corrected chi connectivity index (χ1v) is 7.52. The number of hydrogen-bond acceptors (Lipinski definition) is 3. The van der Waals surface area contributed by atoms with Gasteiger partial charge >= 0.3 is 0 Å². The Bertz CT molecular complexity index is 674. The van der Waals surface area contributed by atoms with Crippen LogP contribution in [0.15, 0.2) is 29.2 Å². The van der Waals surface area contributed by atoms with Crippen molar-refractivity contribution in [1.29, 1.82) is 0 Å². The summed E-state index contributed by atoms with van der Waals surface area (Å²) in [4.78, 5) is 12.5. The van der Waals surface area contributed by atoms with E-state index in [4.69, 9.17) is 4.74 Å². The van der Waals surface area contributed by atoms with Crippen LogP contribution >= 0.6 is 0 Å². The highest BCUT2D eigenvalue weighted by atomic mass is 16.5. The quantitative estimate of drug-likeness (QED) is 0.827. The fourth-order valence-corrected chi connectivity index (χ4v) is 2.32. The summed E-state index contributed by atoms with van der Waals surface area (Å²) in [5.74, 6) is 1.18. The van der Waals surface area contributed by atoms with Gasteiger partial charge < -0.3 is 14.4 Å². The minimum atomic E-state index is -0.0402. The third-order valence-electron chi connectivity index (χ3n) is 3.35. The fourth-order valence-electron chi connectivity index (χ4n) is 2.32. The number of hydrogen-bond donors (Lipinski definition) is 1. The Hall–Kier alpha value is -1.97. The number of unbranched alkanes of at least 4 members (excludes halogenated alkanes) is 1. The van der Waals surface area contributed by atoms with Crippen molar-refractivity contribution in [3.63, 3.8) is 0 Å². The number of ether oxygens (including phenoxy) is 1. The van der Waals surface area contributed by atoms with E-state index in [-0.39, 0.29) is 11.3 Å². The van der Waals surface area contributed by atoms with Gasteiger partial charge in [0.2, 0.25) is 0 Å². The van der Waals surface area contributed by atoms with Gasteiger partial charge in [-0.15, -0.1) is 0 Å². The molecule has 0 aliphatic heterocycles. The van der Waals surface area contributed by atoms with Crippen LogP contribution < -0.4 is 10.3 Å². The van der Waals surface area contributed by atoms with Gasteiger partial charge in [0.05, 0.1) is 12.0 Å². The Morgan fingerprint density at radius 2 is 2.05 bits per heavy atom. The monoisotopic (exact) mass is 289 g/mol. The number of aromatic nitrogens is 1. The lowest BCUT2D eigenvalue weighted by molar-refractivity contribution is 0.309. The molecular formula is C17H23NO3. The summed E-state index contributed by atoms with van der Waals surface area (Å²) in [6.45, 7) is 7.52. The molecule has 0 fully saturated rings. The molecule has 2 aromatic rings. The molecule has 4 nitrogen and oxygen atoms in total. The molecule has 1 aromatic heterocycles. The van der Waals surface area contributed by atoms with Crippen LogP contribution in [0.5, 0.6) is 11.5 Å². The number of nitrogens with zero attached hydrogens (tertiary/aromatic N) is 1. The SMILES string of the molecule is CCCCOc1cn(CC(C)C)c(=O)c2ccc(O)cc12. The lowest BCUT2D eigenvalue weighted by Gasteiger charge is -2.15. The summed E-state index contributed by atoms with van der Waals surface area (Å²) in [5, 5.41) is 10.9. The molecule has 1 heterocycles. The van der Waals surface area contributed by atoms with Crippen LogP contribution in [-0.4, -0.2) is 16.3 Å². The van der Waals surface area contributed by atoms with Crippen molar-refractivity contribution in [2.24, 2.45) is 5.92 Å². The molecule has 21 heavy (non-hydrogen) atoms. The average molecular weight is 289 g/mol. The molecule has 0 radical (unpaired) electrons. The normalized spacial score (nSPS) is 11.2. The highest BCUT2D eigenvalue weighted by molar-refractivity contribution is 5.88. The number of pyridine rings is 1. The minimum Gasteiger partial charge on any atom is -0.508 e. The van der Waals surface area contributed by atoms with Gasteiger partial charge in [-0.3, -0.25) is 4.79 Å². The highest BCUT2D eigenvalue weighted by Gasteiger charge is 2.11. The van der Waals surface area contributed by atoms with Crippen LogP contribution in [-0.2, 0) is 6.54 Å². The molecular weight excluding hydrogens is 266 g/mol. The summed E-state index contributed by atoms with van der Waals surface area (Å²) < 4.78 is 7.52. The standard InChI is InChI=1S/C17H23NO3/c1-4-5-8-21-16-11-18(10-12(2)3)17(20)14-7-6-13(19)9-15(14)16/h6-7,9,11-12,19H,4-5,8,10H2,1-3H3. The van der Waals surface area contributed by atoms with Crippen LogP contribution in [0.25, 0.3) is 10.8 Å². The van der Waals surface area contributed by atoms with Crippen molar-refractivity contribution in [1.82, 2.24) is 4.57 Å². The predicted octanol–water partition coefficient (Wildman–Crippen LogP) is 3.54. The topological polar surface area (TPSA) is 51.5 Å². The van der Waals surface area contributed by atoms with Crippen LogP contribution in [0.1, 0.15) is 33.6 Å². The molecule has 0 atom stereocenters. The lowest BCUT2D eigenvalue weighted by atomic mass is 10.1. The Balaban J connectivity index is 2.54. The van der Waals surface area contributed by atoms with Crippen LogP contribution in [0.2, 0.25) is 0 Å². The third kappa shape index (κ3) is 3.57. The molecule has 0 spiro atoms. The largest absolute Gasteiger partial charge is 0.508 e. The molecule has 0 saturated carbocycles. The van der Waals surface area contributed by atoms with Gasteiger partial charge in [-0.1, -0.05) is 27.2 Å². The first kappa shape index (κ1) is 15.4. The molecule has 0 unspecified atom stereocenters. The number of rotatable bonds is 6. The smallest absolute Gasteiger partial charge is 0.258 e. The van der Waals surface area contributed by atoms with Gasteiger partial charge in [0.15, 0.2) is 0 Å². The van der Waals surface area contributed by atoms with Crippen molar-refractivity contribution < 1.29 is 9.84 Å². The Labute approximate surface area is 125 Å². The molecule has 0 bridgehead atoms. The van der Waals surface area contributed by atoms with Crippen molar-refractivity contribution in [3.8, 4) is 11.5 Å². The van der Waals surface area contributed by atoms with E-state index in [0.717, 1.165) is 12.8 Å². The number of aromatic hydroxyl groups is 1.